The van der Waals surface area contributed by atoms with Crippen LogP contribution in [0.1, 0.15) is 33.4 Å². The lowest BCUT2D eigenvalue weighted by Crippen LogP contribution is -1.85. The molecule has 0 aromatic heterocycles. The number of nitrogens with zero attached hydrogens (tertiary/aromatic N) is 2. The summed E-state index contributed by atoms with van der Waals surface area (Å²) in [5, 5.41) is 0. The summed E-state index contributed by atoms with van der Waals surface area (Å²) in [6, 6.07) is 20.8. The number of hydrogen-bond donors (Lipinski definition) is 0. The third-order valence-electron chi connectivity index (χ3n) is 4.64. The van der Waals surface area contributed by atoms with Gasteiger partial charge in [0, 0.05) is 12.4 Å². The van der Waals surface area contributed by atoms with Crippen LogP contribution in [0, 0.1) is 27.7 Å². The summed E-state index contributed by atoms with van der Waals surface area (Å²) in [4.78, 5) is 9.12. The van der Waals surface area contributed by atoms with E-state index in [-0.39, 0.29) is 0 Å². The minimum Gasteiger partial charge on any atom is -0.256 e. The maximum absolute atomic E-state index is 4.56. The molecule has 0 atom stereocenters. The largest absolute Gasteiger partial charge is 0.256 e. The Labute approximate surface area is 156 Å². The van der Waals surface area contributed by atoms with Crippen molar-refractivity contribution in [3.05, 3.63) is 94.0 Å². The predicted octanol–water partition coefficient (Wildman–Crippen LogP) is 6.42. The Morgan fingerprint density at radius 1 is 0.500 bits per heavy atom. The number of benzene rings is 3. The highest BCUT2D eigenvalue weighted by Crippen LogP contribution is 2.18. The lowest BCUT2D eigenvalue weighted by Gasteiger charge is -2.01. The van der Waals surface area contributed by atoms with Crippen LogP contribution in [-0.4, -0.2) is 12.4 Å². The summed E-state index contributed by atoms with van der Waals surface area (Å²) in [5.41, 5.74) is 9.21. The van der Waals surface area contributed by atoms with Crippen LogP contribution in [0.3, 0.4) is 0 Å². The van der Waals surface area contributed by atoms with Gasteiger partial charge in [0.1, 0.15) is 0 Å². The lowest BCUT2D eigenvalue weighted by atomic mass is 10.1. The Morgan fingerprint density at radius 2 is 0.885 bits per heavy atom. The minimum absolute atomic E-state index is 0.980. The molecular weight excluding hydrogens is 316 g/mol. The highest BCUT2D eigenvalue weighted by molar-refractivity contribution is 5.86. The molecule has 3 aromatic carbocycles. The first-order valence-electron chi connectivity index (χ1n) is 8.84. The SMILES string of the molecule is Cc1ccc(N=Cc2ccc(C=Nc3ccc(C)c(C)c3)cc2)cc1C. The van der Waals surface area contributed by atoms with Crippen LogP contribution >= 0.6 is 0 Å². The molecule has 3 aromatic rings. The van der Waals surface area contributed by atoms with E-state index in [0.29, 0.717) is 0 Å². The van der Waals surface area contributed by atoms with Crippen molar-refractivity contribution in [1.82, 2.24) is 0 Å². The molecule has 3 rings (SSSR count). The molecule has 0 bridgehead atoms. The zero-order valence-electron chi connectivity index (χ0n) is 15.8. The van der Waals surface area contributed by atoms with E-state index in [4.69, 9.17) is 0 Å². The van der Waals surface area contributed by atoms with E-state index < -0.39 is 0 Å². The van der Waals surface area contributed by atoms with E-state index >= 15 is 0 Å². The first kappa shape index (κ1) is 17.8. The molecule has 0 aliphatic heterocycles. The molecule has 2 heteroatoms. The van der Waals surface area contributed by atoms with Crippen molar-refractivity contribution in [2.75, 3.05) is 0 Å². The van der Waals surface area contributed by atoms with Crippen molar-refractivity contribution in [3.63, 3.8) is 0 Å². The van der Waals surface area contributed by atoms with Crippen molar-refractivity contribution >= 4 is 23.8 Å². The molecule has 130 valence electrons. The monoisotopic (exact) mass is 340 g/mol. The van der Waals surface area contributed by atoms with Gasteiger partial charge in [0.2, 0.25) is 0 Å². The molecule has 0 heterocycles. The Hall–Kier alpha value is -3.00. The second-order valence-electron chi connectivity index (χ2n) is 6.72. The Balaban J connectivity index is 1.69. The molecule has 0 fully saturated rings. The highest BCUT2D eigenvalue weighted by atomic mass is 14.7. The van der Waals surface area contributed by atoms with Gasteiger partial charge in [-0.15, -0.1) is 0 Å². The van der Waals surface area contributed by atoms with Crippen molar-refractivity contribution in [1.29, 1.82) is 0 Å². The molecule has 0 N–H and O–H groups in total. The molecular formula is C24H24N2. The van der Waals surface area contributed by atoms with Crippen LogP contribution in [0.2, 0.25) is 0 Å². The van der Waals surface area contributed by atoms with Gasteiger partial charge in [0.25, 0.3) is 0 Å². The summed E-state index contributed by atoms with van der Waals surface area (Å²) < 4.78 is 0. The summed E-state index contributed by atoms with van der Waals surface area (Å²) in [6.07, 6.45) is 3.79. The molecule has 0 aliphatic rings. The van der Waals surface area contributed by atoms with E-state index in [1.165, 1.54) is 22.3 Å². The molecule has 26 heavy (non-hydrogen) atoms. The maximum atomic E-state index is 4.56. The van der Waals surface area contributed by atoms with Gasteiger partial charge in [-0.25, -0.2) is 0 Å². The van der Waals surface area contributed by atoms with Gasteiger partial charge >= 0.3 is 0 Å². The standard InChI is InChI=1S/C24H24N2/c1-17-5-11-23(13-19(17)3)25-15-21-7-9-22(10-8-21)16-26-24-12-6-18(2)20(4)14-24/h5-16H,1-4H3. The first-order valence-corrected chi connectivity index (χ1v) is 8.84. The molecule has 0 unspecified atom stereocenters. The maximum Gasteiger partial charge on any atom is 0.0632 e. The van der Waals surface area contributed by atoms with Crippen LogP contribution < -0.4 is 0 Å². The van der Waals surface area contributed by atoms with Crippen LogP contribution in [0.5, 0.6) is 0 Å². The molecule has 0 amide bonds. The smallest absolute Gasteiger partial charge is 0.0632 e. The molecule has 0 radical (unpaired) electrons. The van der Waals surface area contributed by atoms with E-state index in [1.807, 2.05) is 24.6 Å². The molecule has 0 saturated heterocycles. The van der Waals surface area contributed by atoms with Crippen molar-refractivity contribution in [2.45, 2.75) is 27.7 Å². The van der Waals surface area contributed by atoms with Gasteiger partial charge in [-0.05, 0) is 85.3 Å². The topological polar surface area (TPSA) is 24.7 Å². The average molecular weight is 340 g/mol. The van der Waals surface area contributed by atoms with Crippen molar-refractivity contribution in [2.24, 2.45) is 9.98 Å². The molecule has 0 saturated carbocycles. The second kappa shape index (κ2) is 7.92. The molecule has 0 spiro atoms. The van der Waals surface area contributed by atoms with Crippen LogP contribution in [-0.2, 0) is 0 Å². The average Bonchev–Trinajstić information content (AvgIpc) is 2.64. The van der Waals surface area contributed by atoms with Crippen LogP contribution in [0.25, 0.3) is 0 Å². The Bertz CT molecular complexity index is 884. The van der Waals surface area contributed by atoms with Crippen molar-refractivity contribution < 1.29 is 0 Å². The Morgan fingerprint density at radius 3 is 1.23 bits per heavy atom. The summed E-state index contributed by atoms with van der Waals surface area (Å²) in [7, 11) is 0. The van der Waals surface area contributed by atoms with Gasteiger partial charge in [0.15, 0.2) is 0 Å². The van der Waals surface area contributed by atoms with E-state index in [0.717, 1.165) is 22.5 Å². The fraction of sp³-hybridized carbons (Fsp3) is 0.167. The van der Waals surface area contributed by atoms with Crippen LogP contribution in [0.4, 0.5) is 11.4 Å². The Kier molecular flexibility index (Phi) is 5.43. The summed E-state index contributed by atoms with van der Waals surface area (Å²) >= 11 is 0. The number of aryl methyl sites for hydroxylation is 4. The fourth-order valence-electron chi connectivity index (χ4n) is 2.58. The van der Waals surface area contributed by atoms with Gasteiger partial charge < -0.3 is 0 Å². The summed E-state index contributed by atoms with van der Waals surface area (Å²) in [6.45, 7) is 8.44. The molecule has 0 aliphatic carbocycles. The van der Waals surface area contributed by atoms with E-state index in [9.17, 15) is 0 Å². The highest BCUT2D eigenvalue weighted by Gasteiger charge is 1.96. The zero-order valence-corrected chi connectivity index (χ0v) is 15.8. The van der Waals surface area contributed by atoms with Gasteiger partial charge in [-0.2, -0.15) is 0 Å². The quantitative estimate of drug-likeness (QED) is 0.489. The van der Waals surface area contributed by atoms with E-state index in [2.05, 4.69) is 86.2 Å². The number of aliphatic imine (C=N–C) groups is 2. The van der Waals surface area contributed by atoms with Gasteiger partial charge in [0.05, 0.1) is 11.4 Å². The van der Waals surface area contributed by atoms with Crippen LogP contribution in [0.15, 0.2) is 70.6 Å². The fourth-order valence-corrected chi connectivity index (χ4v) is 2.58. The normalized spacial score (nSPS) is 11.5. The molecule has 2 nitrogen and oxygen atoms in total. The second-order valence-corrected chi connectivity index (χ2v) is 6.72. The third-order valence-corrected chi connectivity index (χ3v) is 4.64. The predicted molar refractivity (Wildman–Crippen MR) is 113 cm³/mol. The third kappa shape index (κ3) is 4.54. The zero-order chi connectivity index (χ0) is 18.5. The lowest BCUT2D eigenvalue weighted by molar-refractivity contribution is 1.33. The van der Waals surface area contributed by atoms with Crippen molar-refractivity contribution in [3.8, 4) is 0 Å². The summed E-state index contributed by atoms with van der Waals surface area (Å²) in [5.74, 6) is 0. The van der Waals surface area contributed by atoms with E-state index in [1.54, 1.807) is 0 Å². The number of hydrogen-bond acceptors (Lipinski definition) is 2. The number of rotatable bonds is 4. The van der Waals surface area contributed by atoms with Gasteiger partial charge in [-0.1, -0.05) is 36.4 Å². The minimum atomic E-state index is 0.980. The van der Waals surface area contributed by atoms with Gasteiger partial charge in [-0.3, -0.25) is 9.98 Å². The first-order chi connectivity index (χ1) is 12.5.